The van der Waals surface area contributed by atoms with Gasteiger partial charge in [0.2, 0.25) is 0 Å². The number of hydrogen-bond donors (Lipinski definition) is 2. The summed E-state index contributed by atoms with van der Waals surface area (Å²) >= 11 is 0. The molecule has 0 aliphatic rings. The molecule has 0 radical (unpaired) electrons. The van der Waals surface area contributed by atoms with Crippen LogP contribution in [-0.4, -0.2) is 35.5 Å². The van der Waals surface area contributed by atoms with Crippen molar-refractivity contribution >= 4 is 21.6 Å². The molecule has 3 aromatic rings. The zero-order valence-electron chi connectivity index (χ0n) is 14.9. The third-order valence-corrected chi connectivity index (χ3v) is 4.93. The zero-order valence-corrected chi connectivity index (χ0v) is 15.7. The highest BCUT2D eigenvalue weighted by Gasteiger charge is 2.07. The maximum absolute atomic E-state index is 12.0. The molecule has 0 aliphatic carbocycles. The van der Waals surface area contributed by atoms with Crippen LogP contribution in [0.25, 0.3) is 11.4 Å². The predicted molar refractivity (Wildman–Crippen MR) is 102 cm³/mol. The third-order valence-electron chi connectivity index (χ3n) is 3.81. The minimum atomic E-state index is -3.22. The highest BCUT2D eigenvalue weighted by Crippen LogP contribution is 2.17. The summed E-state index contributed by atoms with van der Waals surface area (Å²) in [6, 6.07) is 13.2. The number of sulfone groups is 1. The molecule has 2 aromatic carbocycles. The number of urea groups is 1. The molecule has 0 unspecified atom stereocenters. The Balaban J connectivity index is 1.55. The summed E-state index contributed by atoms with van der Waals surface area (Å²) in [4.78, 5) is 16.4. The summed E-state index contributed by atoms with van der Waals surface area (Å²) in [5.41, 5.74) is 2.29. The Morgan fingerprint density at radius 3 is 2.30 bits per heavy atom. The molecule has 27 heavy (non-hydrogen) atoms. The highest BCUT2D eigenvalue weighted by atomic mass is 32.2. The Morgan fingerprint density at radius 1 is 1.07 bits per heavy atom. The summed E-state index contributed by atoms with van der Waals surface area (Å²) in [5.74, 6) is 0.617. The maximum atomic E-state index is 12.0. The first kappa shape index (κ1) is 18.6. The van der Waals surface area contributed by atoms with Crippen LogP contribution in [0.2, 0.25) is 0 Å². The summed E-state index contributed by atoms with van der Waals surface area (Å²) in [7, 11) is -1.43. The van der Waals surface area contributed by atoms with Gasteiger partial charge in [0.1, 0.15) is 6.33 Å². The number of hydrogen-bond acceptors (Lipinski definition) is 5. The molecule has 0 saturated heterocycles. The normalized spacial score (nSPS) is 11.2. The Morgan fingerprint density at radius 2 is 1.74 bits per heavy atom. The number of aryl methyl sites for hydroxylation is 1. The van der Waals surface area contributed by atoms with Gasteiger partial charge in [0.15, 0.2) is 15.7 Å². The van der Waals surface area contributed by atoms with Crippen molar-refractivity contribution in [2.24, 2.45) is 7.05 Å². The molecule has 0 bridgehead atoms. The maximum Gasteiger partial charge on any atom is 0.319 e. The van der Waals surface area contributed by atoms with Crippen LogP contribution in [0.3, 0.4) is 0 Å². The molecule has 0 fully saturated rings. The fourth-order valence-electron chi connectivity index (χ4n) is 2.39. The SMILES string of the molecule is Cn1cnc(-c2ccc(NC(=O)NCc3ccc(S(C)(=O)=O)cc3)cc2)n1. The molecular weight excluding hydrogens is 366 g/mol. The van der Waals surface area contributed by atoms with Crippen LogP contribution in [0, 0.1) is 0 Å². The first-order valence-electron chi connectivity index (χ1n) is 8.11. The number of aromatic nitrogens is 3. The Labute approximate surface area is 157 Å². The van der Waals surface area contributed by atoms with E-state index in [-0.39, 0.29) is 17.5 Å². The summed E-state index contributed by atoms with van der Waals surface area (Å²) in [6.45, 7) is 0.284. The van der Waals surface area contributed by atoms with Crippen molar-refractivity contribution in [3.8, 4) is 11.4 Å². The van der Waals surface area contributed by atoms with E-state index in [4.69, 9.17) is 0 Å². The molecule has 9 heteroatoms. The van der Waals surface area contributed by atoms with Crippen LogP contribution in [0.5, 0.6) is 0 Å². The predicted octanol–water partition coefficient (Wildman–Crippen LogP) is 2.21. The van der Waals surface area contributed by atoms with E-state index in [0.717, 1.165) is 17.4 Å². The highest BCUT2D eigenvalue weighted by molar-refractivity contribution is 7.90. The van der Waals surface area contributed by atoms with Crippen LogP contribution in [-0.2, 0) is 23.4 Å². The lowest BCUT2D eigenvalue weighted by Crippen LogP contribution is -2.28. The van der Waals surface area contributed by atoms with Crippen LogP contribution < -0.4 is 10.6 Å². The number of nitrogens with one attached hydrogen (secondary N) is 2. The van der Waals surface area contributed by atoms with Gasteiger partial charge in [-0.1, -0.05) is 12.1 Å². The second-order valence-corrected chi connectivity index (χ2v) is 8.06. The van der Waals surface area contributed by atoms with Gasteiger partial charge in [-0.25, -0.2) is 18.2 Å². The van der Waals surface area contributed by atoms with Crippen molar-refractivity contribution in [2.45, 2.75) is 11.4 Å². The summed E-state index contributed by atoms with van der Waals surface area (Å²) in [6.07, 6.45) is 2.78. The number of carbonyl (C=O) groups is 1. The molecular formula is C18H19N5O3S. The van der Waals surface area contributed by atoms with E-state index < -0.39 is 9.84 Å². The van der Waals surface area contributed by atoms with Gasteiger partial charge in [-0.15, -0.1) is 0 Å². The Kier molecular flexibility index (Phi) is 5.22. The molecule has 2 N–H and O–H groups in total. The number of rotatable bonds is 5. The van der Waals surface area contributed by atoms with Crippen LogP contribution in [0.15, 0.2) is 59.8 Å². The monoisotopic (exact) mass is 385 g/mol. The number of nitrogens with zero attached hydrogens (tertiary/aromatic N) is 3. The second-order valence-electron chi connectivity index (χ2n) is 6.04. The fraction of sp³-hybridized carbons (Fsp3) is 0.167. The van der Waals surface area contributed by atoms with Crippen LogP contribution in [0.1, 0.15) is 5.56 Å². The van der Waals surface area contributed by atoms with E-state index in [2.05, 4.69) is 20.7 Å². The minimum Gasteiger partial charge on any atom is -0.334 e. The smallest absolute Gasteiger partial charge is 0.319 e. The van der Waals surface area contributed by atoms with Gasteiger partial charge in [0.25, 0.3) is 0 Å². The van der Waals surface area contributed by atoms with Crippen molar-refractivity contribution in [1.82, 2.24) is 20.1 Å². The Bertz CT molecular complexity index is 1040. The largest absolute Gasteiger partial charge is 0.334 e. The number of anilines is 1. The van der Waals surface area contributed by atoms with E-state index in [0.29, 0.717) is 11.5 Å². The van der Waals surface area contributed by atoms with E-state index >= 15 is 0 Å². The van der Waals surface area contributed by atoms with Gasteiger partial charge in [-0.2, -0.15) is 5.10 Å². The summed E-state index contributed by atoms with van der Waals surface area (Å²) in [5, 5.41) is 9.69. The van der Waals surface area contributed by atoms with Gasteiger partial charge >= 0.3 is 6.03 Å². The van der Waals surface area contributed by atoms with Crippen molar-refractivity contribution in [3.63, 3.8) is 0 Å². The van der Waals surface area contributed by atoms with E-state index in [9.17, 15) is 13.2 Å². The van der Waals surface area contributed by atoms with E-state index in [1.165, 1.54) is 12.1 Å². The molecule has 140 valence electrons. The van der Waals surface area contributed by atoms with Crippen LogP contribution in [0.4, 0.5) is 10.5 Å². The fourth-order valence-corrected chi connectivity index (χ4v) is 3.02. The molecule has 0 aliphatic heterocycles. The lowest BCUT2D eigenvalue weighted by molar-refractivity contribution is 0.251. The van der Waals surface area contributed by atoms with Crippen molar-refractivity contribution in [3.05, 3.63) is 60.4 Å². The van der Waals surface area contributed by atoms with Crippen molar-refractivity contribution < 1.29 is 13.2 Å². The molecule has 0 saturated carbocycles. The molecule has 2 amide bonds. The van der Waals surface area contributed by atoms with Crippen LogP contribution >= 0.6 is 0 Å². The number of carbonyl (C=O) groups excluding carboxylic acids is 1. The van der Waals surface area contributed by atoms with Crippen molar-refractivity contribution in [1.29, 1.82) is 0 Å². The standard InChI is InChI=1S/C18H19N5O3S/c1-23-12-20-17(22-23)14-5-7-15(8-6-14)21-18(24)19-11-13-3-9-16(10-4-13)27(2,25)26/h3-10,12H,11H2,1-2H3,(H2,19,21,24). The van der Waals surface area contributed by atoms with E-state index in [1.807, 2.05) is 12.1 Å². The molecule has 0 spiro atoms. The lowest BCUT2D eigenvalue weighted by atomic mass is 10.2. The van der Waals surface area contributed by atoms with Gasteiger partial charge in [0, 0.05) is 31.1 Å². The average Bonchev–Trinajstić information content (AvgIpc) is 3.07. The number of amides is 2. The second kappa shape index (κ2) is 7.58. The molecule has 0 atom stereocenters. The van der Waals surface area contributed by atoms with Gasteiger partial charge in [-0.3, -0.25) is 4.68 Å². The Hall–Kier alpha value is -3.20. The van der Waals surface area contributed by atoms with Gasteiger partial charge < -0.3 is 10.6 Å². The first-order chi connectivity index (χ1) is 12.8. The topological polar surface area (TPSA) is 106 Å². The van der Waals surface area contributed by atoms with Gasteiger partial charge in [0.05, 0.1) is 4.90 Å². The third kappa shape index (κ3) is 4.91. The van der Waals surface area contributed by atoms with Crippen molar-refractivity contribution in [2.75, 3.05) is 11.6 Å². The molecule has 3 rings (SSSR count). The van der Waals surface area contributed by atoms with E-state index in [1.54, 1.807) is 42.3 Å². The molecule has 8 nitrogen and oxygen atoms in total. The lowest BCUT2D eigenvalue weighted by Gasteiger charge is -2.08. The average molecular weight is 385 g/mol. The minimum absolute atomic E-state index is 0.248. The molecule has 1 aromatic heterocycles. The quantitative estimate of drug-likeness (QED) is 0.700. The van der Waals surface area contributed by atoms with Gasteiger partial charge in [-0.05, 0) is 42.0 Å². The molecule has 1 heterocycles. The first-order valence-corrected chi connectivity index (χ1v) is 10.0. The zero-order chi connectivity index (χ0) is 19.4. The summed E-state index contributed by atoms with van der Waals surface area (Å²) < 4.78 is 24.5. The number of benzene rings is 2.